The monoisotopic (exact) mass is 431 g/mol. The number of aromatic nitrogens is 1. The molecule has 0 spiro atoms. The molecule has 0 aliphatic heterocycles. The van der Waals surface area contributed by atoms with Crippen molar-refractivity contribution in [3.05, 3.63) is 89.0 Å². The summed E-state index contributed by atoms with van der Waals surface area (Å²) in [6, 6.07) is 16.1. The van der Waals surface area contributed by atoms with Gasteiger partial charge in [-0.1, -0.05) is 24.3 Å². The minimum atomic E-state index is -1.11. The fourth-order valence-electron chi connectivity index (χ4n) is 3.46. The number of carbonyl (C=O) groups excluding carboxylic acids is 1. The number of nitrogens with zero attached hydrogens (tertiary/aromatic N) is 2. The molecule has 1 amide bonds. The van der Waals surface area contributed by atoms with E-state index in [4.69, 9.17) is 14.3 Å². The van der Waals surface area contributed by atoms with Gasteiger partial charge < -0.3 is 18.8 Å². The van der Waals surface area contributed by atoms with Gasteiger partial charge >= 0.3 is 5.97 Å². The summed E-state index contributed by atoms with van der Waals surface area (Å²) in [5.74, 6) is -0.589. The molecule has 0 fully saturated rings. The van der Waals surface area contributed by atoms with Crippen molar-refractivity contribution in [2.45, 2.75) is 13.5 Å². The Balaban J connectivity index is 1.56. The number of aromatic carboxylic acids is 1. The lowest BCUT2D eigenvalue weighted by Gasteiger charge is -2.07. The fourth-order valence-corrected chi connectivity index (χ4v) is 3.46. The molecule has 2 aromatic carbocycles. The number of ether oxygens (including phenoxy) is 1. The van der Waals surface area contributed by atoms with Gasteiger partial charge in [-0.05, 0) is 42.8 Å². The second kappa shape index (κ2) is 8.81. The Morgan fingerprint density at radius 2 is 2.00 bits per heavy atom. The predicted molar refractivity (Wildman–Crippen MR) is 119 cm³/mol. The number of para-hydroxylation sites is 1. The summed E-state index contributed by atoms with van der Waals surface area (Å²) in [4.78, 5) is 23.6. The Morgan fingerprint density at radius 3 is 2.75 bits per heavy atom. The van der Waals surface area contributed by atoms with Crippen molar-refractivity contribution in [1.82, 2.24) is 9.99 Å². The Morgan fingerprint density at radius 1 is 1.19 bits per heavy atom. The second-order valence-electron chi connectivity index (χ2n) is 7.20. The molecule has 162 valence electrons. The van der Waals surface area contributed by atoms with Gasteiger partial charge in [-0.3, -0.25) is 4.79 Å². The van der Waals surface area contributed by atoms with Crippen LogP contribution in [0, 0.1) is 6.92 Å². The molecule has 0 unspecified atom stereocenters. The summed E-state index contributed by atoms with van der Waals surface area (Å²) in [7, 11) is 1.52. The smallest absolute Gasteiger partial charge is 0.371 e. The van der Waals surface area contributed by atoms with Crippen LogP contribution in [0.2, 0.25) is 0 Å². The van der Waals surface area contributed by atoms with Crippen molar-refractivity contribution in [1.29, 1.82) is 0 Å². The van der Waals surface area contributed by atoms with Crippen LogP contribution in [0.3, 0.4) is 0 Å². The Bertz CT molecular complexity index is 1330. The maximum absolute atomic E-state index is 12.5. The van der Waals surface area contributed by atoms with Crippen molar-refractivity contribution in [3.63, 3.8) is 0 Å². The van der Waals surface area contributed by atoms with Gasteiger partial charge in [0.25, 0.3) is 5.91 Å². The SMILES string of the molecule is COc1cc(C)ccc1C(=O)N/N=C\c1cn(Cc2ccc(C(=O)O)o2)c2ccccc12. The van der Waals surface area contributed by atoms with Crippen LogP contribution in [0.5, 0.6) is 5.75 Å². The van der Waals surface area contributed by atoms with Crippen molar-refractivity contribution >= 4 is 29.0 Å². The van der Waals surface area contributed by atoms with Gasteiger partial charge in [-0.2, -0.15) is 5.10 Å². The van der Waals surface area contributed by atoms with E-state index < -0.39 is 5.97 Å². The molecule has 8 heteroatoms. The molecule has 2 aromatic heterocycles. The Hall–Kier alpha value is -4.33. The van der Waals surface area contributed by atoms with E-state index in [0.29, 0.717) is 23.6 Å². The van der Waals surface area contributed by atoms with Gasteiger partial charge in [-0.25, -0.2) is 10.2 Å². The van der Waals surface area contributed by atoms with Crippen LogP contribution in [0.25, 0.3) is 10.9 Å². The summed E-state index contributed by atoms with van der Waals surface area (Å²) < 4.78 is 12.6. The molecule has 0 aliphatic rings. The molecule has 2 N–H and O–H groups in total. The number of rotatable bonds is 7. The van der Waals surface area contributed by atoms with Gasteiger partial charge in [0.1, 0.15) is 11.5 Å². The van der Waals surface area contributed by atoms with Crippen molar-refractivity contribution in [2.75, 3.05) is 7.11 Å². The lowest BCUT2D eigenvalue weighted by Crippen LogP contribution is -2.18. The van der Waals surface area contributed by atoms with Crippen molar-refractivity contribution in [3.8, 4) is 5.75 Å². The normalized spacial score (nSPS) is 11.2. The fraction of sp³-hybridized carbons (Fsp3) is 0.125. The standard InChI is InChI=1S/C24H21N3O5/c1-15-7-9-19(22(11-15)31-2)23(28)26-25-12-16-13-27(20-6-4-3-5-18(16)20)14-17-8-10-21(32-17)24(29)30/h3-13H,14H2,1-2H3,(H,26,28)(H,29,30)/b25-12-. The number of hydrogen-bond acceptors (Lipinski definition) is 5. The minimum Gasteiger partial charge on any atom is -0.496 e. The third-order valence-corrected chi connectivity index (χ3v) is 4.99. The molecule has 8 nitrogen and oxygen atoms in total. The highest BCUT2D eigenvalue weighted by molar-refractivity contribution is 6.01. The van der Waals surface area contributed by atoms with E-state index in [0.717, 1.165) is 22.0 Å². The largest absolute Gasteiger partial charge is 0.496 e. The number of hydrogen-bond donors (Lipinski definition) is 2. The van der Waals surface area contributed by atoms with Gasteiger partial charge in [0.05, 0.1) is 25.4 Å². The number of aryl methyl sites for hydroxylation is 1. The van der Waals surface area contributed by atoms with Crippen molar-refractivity contribution < 1.29 is 23.8 Å². The van der Waals surface area contributed by atoms with Crippen LogP contribution >= 0.6 is 0 Å². The topological polar surface area (TPSA) is 106 Å². The number of benzene rings is 2. The third-order valence-electron chi connectivity index (χ3n) is 4.99. The van der Waals surface area contributed by atoms with Gasteiger partial charge in [0.2, 0.25) is 5.76 Å². The van der Waals surface area contributed by atoms with Crippen LogP contribution in [0.4, 0.5) is 0 Å². The van der Waals surface area contributed by atoms with Crippen LogP contribution in [0.1, 0.15) is 37.8 Å². The molecule has 0 saturated heterocycles. The number of methoxy groups -OCH3 is 1. The molecule has 0 atom stereocenters. The maximum atomic E-state index is 12.5. The zero-order chi connectivity index (χ0) is 22.7. The van der Waals surface area contributed by atoms with E-state index in [9.17, 15) is 9.59 Å². The summed E-state index contributed by atoms with van der Waals surface area (Å²) in [6.07, 6.45) is 3.44. The van der Waals surface area contributed by atoms with Gasteiger partial charge in [0, 0.05) is 22.7 Å². The molecule has 32 heavy (non-hydrogen) atoms. The molecular formula is C24H21N3O5. The van der Waals surface area contributed by atoms with Crippen LogP contribution in [0.15, 0.2) is 70.3 Å². The lowest BCUT2D eigenvalue weighted by molar-refractivity contribution is 0.0660. The van der Waals surface area contributed by atoms with E-state index in [1.807, 2.05) is 48.0 Å². The molecule has 0 bridgehead atoms. The number of amides is 1. The Labute approximate surface area is 183 Å². The number of carbonyl (C=O) groups is 2. The molecule has 4 rings (SSSR count). The average Bonchev–Trinajstić information content (AvgIpc) is 3.39. The number of fused-ring (bicyclic) bond motifs is 1. The number of nitrogens with one attached hydrogen (secondary N) is 1. The summed E-state index contributed by atoms with van der Waals surface area (Å²) >= 11 is 0. The lowest BCUT2D eigenvalue weighted by atomic mass is 10.1. The summed E-state index contributed by atoms with van der Waals surface area (Å²) in [5.41, 5.74) is 5.64. The molecule has 0 radical (unpaired) electrons. The highest BCUT2D eigenvalue weighted by Gasteiger charge is 2.13. The maximum Gasteiger partial charge on any atom is 0.371 e. The highest BCUT2D eigenvalue weighted by atomic mass is 16.5. The third kappa shape index (κ3) is 4.24. The quantitative estimate of drug-likeness (QED) is 0.339. The van der Waals surface area contributed by atoms with E-state index in [2.05, 4.69) is 10.5 Å². The average molecular weight is 431 g/mol. The predicted octanol–water partition coefficient (Wildman–Crippen LogP) is 4.06. The van der Waals surface area contributed by atoms with Gasteiger partial charge in [0.15, 0.2) is 0 Å². The van der Waals surface area contributed by atoms with E-state index >= 15 is 0 Å². The first kappa shape index (κ1) is 20.9. The van der Waals surface area contributed by atoms with Gasteiger partial charge in [-0.15, -0.1) is 0 Å². The first-order valence-corrected chi connectivity index (χ1v) is 9.84. The number of carboxylic acid groups (broad SMARTS) is 1. The molecular weight excluding hydrogens is 410 g/mol. The van der Waals surface area contributed by atoms with Crippen LogP contribution < -0.4 is 10.2 Å². The molecule has 4 aromatic rings. The van der Waals surface area contributed by atoms with E-state index in [-0.39, 0.29) is 11.7 Å². The minimum absolute atomic E-state index is 0.104. The molecule has 0 aliphatic carbocycles. The first-order valence-electron chi connectivity index (χ1n) is 9.84. The highest BCUT2D eigenvalue weighted by Crippen LogP contribution is 2.22. The number of carboxylic acids is 1. The summed E-state index contributed by atoms with van der Waals surface area (Å²) in [5, 5.41) is 14.1. The van der Waals surface area contributed by atoms with Crippen LogP contribution in [-0.4, -0.2) is 34.9 Å². The zero-order valence-corrected chi connectivity index (χ0v) is 17.5. The second-order valence-corrected chi connectivity index (χ2v) is 7.20. The zero-order valence-electron chi connectivity index (χ0n) is 17.5. The molecule has 0 saturated carbocycles. The Kier molecular flexibility index (Phi) is 5.76. The van der Waals surface area contributed by atoms with E-state index in [1.165, 1.54) is 13.2 Å². The van der Waals surface area contributed by atoms with Crippen molar-refractivity contribution in [2.24, 2.45) is 5.10 Å². The first-order chi connectivity index (χ1) is 15.5. The molecule has 2 heterocycles. The number of furan rings is 1. The number of hydrazone groups is 1. The van der Waals surface area contributed by atoms with E-state index in [1.54, 1.807) is 24.4 Å². The summed E-state index contributed by atoms with van der Waals surface area (Å²) in [6.45, 7) is 2.28. The van der Waals surface area contributed by atoms with Crippen LogP contribution in [-0.2, 0) is 6.54 Å².